The summed E-state index contributed by atoms with van der Waals surface area (Å²) in [6.45, 7) is 4.52. The Morgan fingerprint density at radius 2 is 0.637 bits per heavy atom. The van der Waals surface area contributed by atoms with Crippen LogP contribution in [0.5, 0.6) is 0 Å². The smallest absolute Gasteiger partial charge is 0.462 e. The van der Waals surface area contributed by atoms with Crippen molar-refractivity contribution in [3.05, 3.63) is 12.2 Å². The fourth-order valence-corrected chi connectivity index (χ4v) is 11.6. The molecule has 2 unspecified atom stereocenters. The molecule has 0 fully saturated rings. The summed E-state index contributed by atoms with van der Waals surface area (Å²) in [7, 11) is 1.50. The van der Waals surface area contributed by atoms with Gasteiger partial charge in [-0.05, 0) is 38.5 Å². The van der Waals surface area contributed by atoms with E-state index in [1.54, 1.807) is 0 Å². The average Bonchev–Trinajstić information content (AvgIpc) is 3.42. The molecule has 0 amide bonds. The minimum Gasteiger partial charge on any atom is -0.462 e. The van der Waals surface area contributed by atoms with Gasteiger partial charge in [0, 0.05) is 12.8 Å². The highest BCUT2D eigenvalue weighted by Crippen LogP contribution is 2.43. The summed E-state index contributed by atoms with van der Waals surface area (Å²) in [5.74, 6) is -0.772. The Kier molecular flexibility index (Phi) is 61.3. The van der Waals surface area contributed by atoms with Gasteiger partial charge in [0.1, 0.15) is 19.8 Å². The first-order valence-electron chi connectivity index (χ1n) is 35.4. The van der Waals surface area contributed by atoms with Crippen LogP contribution in [0.2, 0.25) is 0 Å². The molecule has 0 aromatic rings. The number of phosphoric ester groups is 1. The summed E-state index contributed by atoms with van der Waals surface area (Å²) in [5.41, 5.74) is 0. The van der Waals surface area contributed by atoms with Gasteiger partial charge in [-0.1, -0.05) is 334 Å². The third kappa shape index (κ3) is 65.9. The molecule has 0 saturated heterocycles. The second-order valence-corrected chi connectivity index (χ2v) is 27.1. The van der Waals surface area contributed by atoms with Crippen LogP contribution in [0, 0.1) is 0 Å². The average molecular weight is 1150 g/mol. The predicted molar refractivity (Wildman–Crippen MR) is 345 cm³/mol. The molecule has 0 bridgehead atoms. The SMILES string of the molecule is CCCCCCCCCC/C=C\CCCCCCCCCCCCCCCC(=O)OC(COC(=O)CCCCCCCCCCCCCCCCCCCCCCCCCCCCCCCCC)COP(=O)(O)OCC[N+](C)(C)C. The number of allylic oxidation sites excluding steroid dienone is 2. The number of carbonyl (C=O) groups excluding carboxylic acids is 2. The summed E-state index contributed by atoms with van der Waals surface area (Å²) >= 11 is 0. The molecule has 476 valence electrons. The van der Waals surface area contributed by atoms with E-state index in [-0.39, 0.29) is 25.6 Å². The number of phosphoric acid groups is 1. The van der Waals surface area contributed by atoms with Gasteiger partial charge in [-0.25, -0.2) is 4.57 Å². The molecular weight excluding hydrogens is 1010 g/mol. The van der Waals surface area contributed by atoms with Crippen molar-refractivity contribution in [1.82, 2.24) is 0 Å². The van der Waals surface area contributed by atoms with Crippen molar-refractivity contribution in [2.45, 2.75) is 380 Å². The number of hydrogen-bond donors (Lipinski definition) is 1. The van der Waals surface area contributed by atoms with Crippen molar-refractivity contribution < 1.29 is 42.1 Å². The topological polar surface area (TPSA) is 108 Å². The maximum absolute atomic E-state index is 12.9. The molecule has 1 N–H and O–H groups in total. The zero-order chi connectivity index (χ0) is 58.4. The van der Waals surface area contributed by atoms with Gasteiger partial charge >= 0.3 is 19.8 Å². The molecule has 10 heteroatoms. The second kappa shape index (κ2) is 62.3. The number of esters is 2. The maximum atomic E-state index is 12.9. The van der Waals surface area contributed by atoms with Gasteiger partial charge < -0.3 is 18.9 Å². The number of rotatable bonds is 67. The number of nitrogens with zero attached hydrogens (tertiary/aromatic N) is 1. The van der Waals surface area contributed by atoms with Gasteiger partial charge in [0.25, 0.3) is 0 Å². The quantitative estimate of drug-likeness (QED) is 0.0211. The van der Waals surface area contributed by atoms with E-state index in [0.717, 1.165) is 32.1 Å². The monoisotopic (exact) mass is 1150 g/mol. The normalized spacial score (nSPS) is 13.1. The van der Waals surface area contributed by atoms with Gasteiger partial charge in [-0.3, -0.25) is 18.6 Å². The van der Waals surface area contributed by atoms with Gasteiger partial charge in [-0.15, -0.1) is 0 Å². The minimum absolute atomic E-state index is 0.0361. The Labute approximate surface area is 498 Å². The van der Waals surface area contributed by atoms with Crippen LogP contribution >= 0.6 is 7.82 Å². The summed E-state index contributed by atoms with van der Waals surface area (Å²) in [6, 6.07) is 0. The van der Waals surface area contributed by atoms with E-state index >= 15 is 0 Å². The third-order valence-corrected chi connectivity index (χ3v) is 17.3. The molecule has 2 atom stereocenters. The Hall–Kier alpha value is -1.25. The van der Waals surface area contributed by atoms with Crippen molar-refractivity contribution in [2.75, 3.05) is 47.5 Å². The zero-order valence-corrected chi connectivity index (χ0v) is 55.3. The molecule has 0 aromatic heterocycles. The largest absolute Gasteiger partial charge is 0.472 e. The van der Waals surface area contributed by atoms with Crippen LogP contribution in [0.4, 0.5) is 0 Å². The van der Waals surface area contributed by atoms with E-state index in [4.69, 9.17) is 18.5 Å². The van der Waals surface area contributed by atoms with E-state index in [2.05, 4.69) is 26.0 Å². The molecule has 0 aliphatic carbocycles. The summed E-state index contributed by atoms with van der Waals surface area (Å²) in [5, 5.41) is 0. The lowest BCUT2D eigenvalue weighted by atomic mass is 10.0. The van der Waals surface area contributed by atoms with Crippen LogP contribution in [0.25, 0.3) is 0 Å². The minimum atomic E-state index is -4.39. The molecule has 0 aliphatic heterocycles. The zero-order valence-electron chi connectivity index (χ0n) is 54.4. The highest BCUT2D eigenvalue weighted by Gasteiger charge is 2.27. The molecule has 0 saturated carbocycles. The molecule has 0 aliphatic rings. The third-order valence-electron chi connectivity index (χ3n) is 16.3. The maximum Gasteiger partial charge on any atom is 0.472 e. The lowest BCUT2D eigenvalue weighted by Crippen LogP contribution is -2.37. The van der Waals surface area contributed by atoms with Gasteiger partial charge in [0.2, 0.25) is 0 Å². The molecule has 80 heavy (non-hydrogen) atoms. The molecule has 0 rings (SSSR count). The number of unbranched alkanes of at least 4 members (excludes halogenated alkanes) is 51. The van der Waals surface area contributed by atoms with Crippen LogP contribution in [-0.4, -0.2) is 74.9 Å². The van der Waals surface area contributed by atoms with E-state index in [9.17, 15) is 19.0 Å². The summed E-state index contributed by atoms with van der Waals surface area (Å²) in [6.07, 6.45) is 76.1. The van der Waals surface area contributed by atoms with Crippen molar-refractivity contribution >= 4 is 19.8 Å². The molecule has 0 radical (unpaired) electrons. The number of ether oxygens (including phenoxy) is 2. The number of carbonyl (C=O) groups is 2. The standard InChI is InChI=1S/C70H138NO8P/c1-6-8-10-12-14-16-18-20-22-24-26-28-30-32-33-34-35-36-37-39-40-42-44-46-48-50-52-54-56-58-60-62-69(72)76-66-68(67-78-80(74,75)77-65-64-71(3,4)5)79-70(73)63-61-59-57-55-53-51-49-47-45-43-41-38-31-29-27-25-23-21-19-17-15-13-11-9-7-2/h25,27,68H,6-24,26,28-67H2,1-5H3/p+1/b27-25-. The molecule has 0 heterocycles. The number of hydrogen-bond acceptors (Lipinski definition) is 7. The van der Waals surface area contributed by atoms with E-state index in [1.807, 2.05) is 21.1 Å². The molecule has 0 aromatic carbocycles. The summed E-state index contributed by atoms with van der Waals surface area (Å²) in [4.78, 5) is 35.9. The van der Waals surface area contributed by atoms with Gasteiger partial charge in [0.05, 0.1) is 27.7 Å². The number of quaternary nitrogens is 1. The lowest BCUT2D eigenvalue weighted by Gasteiger charge is -2.24. The highest BCUT2D eigenvalue weighted by atomic mass is 31.2. The van der Waals surface area contributed by atoms with Crippen molar-refractivity contribution in [3.63, 3.8) is 0 Å². The van der Waals surface area contributed by atoms with E-state index < -0.39 is 26.5 Å². The fourth-order valence-electron chi connectivity index (χ4n) is 10.8. The van der Waals surface area contributed by atoms with E-state index in [1.165, 1.54) is 308 Å². The van der Waals surface area contributed by atoms with Gasteiger partial charge in [0.15, 0.2) is 6.10 Å². The fraction of sp³-hybridized carbons (Fsp3) is 0.943. The highest BCUT2D eigenvalue weighted by molar-refractivity contribution is 7.47. The first-order valence-corrected chi connectivity index (χ1v) is 36.9. The van der Waals surface area contributed by atoms with Gasteiger partial charge in [-0.2, -0.15) is 0 Å². The number of likely N-dealkylation sites (N-methyl/N-ethyl adjacent to an activating group) is 1. The van der Waals surface area contributed by atoms with Crippen LogP contribution in [0.15, 0.2) is 12.2 Å². The first kappa shape index (κ1) is 78.8. The van der Waals surface area contributed by atoms with Crippen LogP contribution in [-0.2, 0) is 32.7 Å². The van der Waals surface area contributed by atoms with E-state index in [0.29, 0.717) is 23.9 Å². The predicted octanol–water partition coefficient (Wildman–Crippen LogP) is 22.7. The molecule has 9 nitrogen and oxygen atoms in total. The summed E-state index contributed by atoms with van der Waals surface area (Å²) < 4.78 is 34.7. The van der Waals surface area contributed by atoms with Crippen LogP contribution in [0.1, 0.15) is 373 Å². The van der Waals surface area contributed by atoms with Crippen LogP contribution < -0.4 is 0 Å². The first-order chi connectivity index (χ1) is 39.0. The molecule has 0 spiro atoms. The van der Waals surface area contributed by atoms with Crippen molar-refractivity contribution in [2.24, 2.45) is 0 Å². The van der Waals surface area contributed by atoms with Crippen LogP contribution in [0.3, 0.4) is 0 Å². The van der Waals surface area contributed by atoms with Crippen molar-refractivity contribution in [3.8, 4) is 0 Å². The lowest BCUT2D eigenvalue weighted by molar-refractivity contribution is -0.870. The Balaban J connectivity index is 3.97. The Morgan fingerprint density at radius 3 is 0.925 bits per heavy atom. The molecular formula is C70H139NO8P+. The van der Waals surface area contributed by atoms with Crippen molar-refractivity contribution in [1.29, 1.82) is 0 Å². The second-order valence-electron chi connectivity index (χ2n) is 25.6. The Morgan fingerprint density at radius 1 is 0.375 bits per heavy atom. The Bertz CT molecular complexity index is 1350.